The van der Waals surface area contributed by atoms with Crippen LogP contribution >= 0.6 is 22.6 Å². The molecule has 1 amide bonds. The first-order valence-corrected chi connectivity index (χ1v) is 4.43. The summed E-state index contributed by atoms with van der Waals surface area (Å²) in [6, 6.07) is 4.73. The van der Waals surface area contributed by atoms with Crippen LogP contribution in [0, 0.1) is 3.57 Å². The van der Waals surface area contributed by atoms with Gasteiger partial charge in [-0.15, -0.1) is 0 Å². The van der Waals surface area contributed by atoms with Crippen LogP contribution in [0.25, 0.3) is 0 Å². The van der Waals surface area contributed by atoms with Crippen LogP contribution in [0.1, 0.15) is 10.4 Å². The number of carbonyl (C=O) groups is 1. The summed E-state index contributed by atoms with van der Waals surface area (Å²) in [4.78, 5) is 11.1. The lowest BCUT2D eigenvalue weighted by molar-refractivity contribution is 0.0962. The Morgan fingerprint density at radius 3 is 2.67 bits per heavy atom. The van der Waals surface area contributed by atoms with Crippen molar-refractivity contribution >= 4 is 28.5 Å². The highest BCUT2D eigenvalue weighted by Gasteiger charge is 2.04. The highest BCUT2D eigenvalue weighted by atomic mass is 127. The van der Waals surface area contributed by atoms with Crippen molar-refractivity contribution in [2.45, 2.75) is 0 Å². The Kier molecular flexibility index (Phi) is 2.91. The minimum atomic E-state index is -0.191. The predicted octanol–water partition coefficient (Wildman–Crippen LogP) is 1.36. The van der Waals surface area contributed by atoms with Crippen molar-refractivity contribution in [2.75, 3.05) is 7.05 Å². The minimum absolute atomic E-state index is 0.112. The summed E-state index contributed by atoms with van der Waals surface area (Å²) < 4.78 is 0.839. The normalized spacial score (nSPS) is 9.50. The highest BCUT2D eigenvalue weighted by Crippen LogP contribution is 2.16. The van der Waals surface area contributed by atoms with Crippen LogP contribution in [0.5, 0.6) is 5.75 Å². The van der Waals surface area contributed by atoms with Crippen molar-refractivity contribution in [3.63, 3.8) is 0 Å². The first-order valence-electron chi connectivity index (χ1n) is 3.35. The molecular formula is C8H8INO2. The number of rotatable bonds is 1. The largest absolute Gasteiger partial charge is 0.508 e. The molecule has 0 aromatic heterocycles. The van der Waals surface area contributed by atoms with Crippen molar-refractivity contribution in [1.82, 2.24) is 5.32 Å². The Morgan fingerprint density at radius 2 is 2.17 bits per heavy atom. The molecule has 1 aromatic carbocycles. The van der Waals surface area contributed by atoms with E-state index in [4.69, 9.17) is 5.11 Å². The number of phenolic OH excluding ortho intramolecular Hbond substituents is 1. The van der Waals surface area contributed by atoms with Gasteiger partial charge in [-0.1, -0.05) is 0 Å². The Balaban J connectivity index is 3.08. The molecule has 0 atom stereocenters. The van der Waals surface area contributed by atoms with Crippen molar-refractivity contribution in [3.05, 3.63) is 27.3 Å². The smallest absolute Gasteiger partial charge is 0.251 e. The van der Waals surface area contributed by atoms with Gasteiger partial charge in [-0.3, -0.25) is 4.79 Å². The molecule has 0 aliphatic rings. The van der Waals surface area contributed by atoms with E-state index in [-0.39, 0.29) is 11.7 Å². The molecular weight excluding hydrogens is 269 g/mol. The van der Waals surface area contributed by atoms with E-state index in [1.54, 1.807) is 19.2 Å². The third-order valence-corrected chi connectivity index (χ3v) is 1.99. The van der Waals surface area contributed by atoms with Gasteiger partial charge in [0, 0.05) is 16.2 Å². The summed E-state index contributed by atoms with van der Waals surface area (Å²) in [6.07, 6.45) is 0. The Bertz CT molecular complexity index is 292. The van der Waals surface area contributed by atoms with Crippen molar-refractivity contribution in [1.29, 1.82) is 0 Å². The van der Waals surface area contributed by atoms with Gasteiger partial charge in [0.2, 0.25) is 0 Å². The number of halogens is 1. The zero-order valence-electron chi connectivity index (χ0n) is 6.47. The SMILES string of the molecule is CNC(=O)c1cc(O)cc(I)c1. The van der Waals surface area contributed by atoms with E-state index < -0.39 is 0 Å². The molecule has 2 N–H and O–H groups in total. The van der Waals surface area contributed by atoms with E-state index in [1.165, 1.54) is 6.07 Å². The van der Waals surface area contributed by atoms with Gasteiger partial charge < -0.3 is 10.4 Å². The quantitative estimate of drug-likeness (QED) is 0.761. The molecule has 1 rings (SSSR count). The molecule has 0 heterocycles. The molecule has 0 saturated carbocycles. The average Bonchev–Trinajstić information content (AvgIpc) is 2.01. The predicted molar refractivity (Wildman–Crippen MR) is 54.2 cm³/mol. The number of hydrogen-bond donors (Lipinski definition) is 2. The average molecular weight is 277 g/mol. The fourth-order valence-electron chi connectivity index (χ4n) is 0.850. The van der Waals surface area contributed by atoms with E-state index in [0.717, 1.165) is 3.57 Å². The molecule has 0 spiro atoms. The van der Waals surface area contributed by atoms with Gasteiger partial charge in [-0.2, -0.15) is 0 Å². The van der Waals surface area contributed by atoms with Crippen LogP contribution in [-0.2, 0) is 0 Å². The summed E-state index contributed by atoms with van der Waals surface area (Å²) >= 11 is 2.04. The number of amides is 1. The molecule has 4 heteroatoms. The number of aromatic hydroxyl groups is 1. The molecule has 64 valence electrons. The maximum absolute atomic E-state index is 11.1. The molecule has 12 heavy (non-hydrogen) atoms. The second kappa shape index (κ2) is 3.75. The summed E-state index contributed by atoms with van der Waals surface area (Å²) in [5, 5.41) is 11.6. The molecule has 0 aliphatic carbocycles. The first kappa shape index (κ1) is 9.31. The number of carbonyl (C=O) groups excluding carboxylic acids is 1. The van der Waals surface area contributed by atoms with E-state index >= 15 is 0 Å². The zero-order chi connectivity index (χ0) is 9.14. The highest BCUT2D eigenvalue weighted by molar-refractivity contribution is 14.1. The number of hydrogen-bond acceptors (Lipinski definition) is 2. The van der Waals surface area contributed by atoms with Crippen LogP contribution in [-0.4, -0.2) is 18.1 Å². The lowest BCUT2D eigenvalue weighted by Crippen LogP contribution is -2.17. The maximum Gasteiger partial charge on any atom is 0.251 e. The monoisotopic (exact) mass is 277 g/mol. The fourth-order valence-corrected chi connectivity index (χ4v) is 1.50. The van der Waals surface area contributed by atoms with Crippen molar-refractivity contribution < 1.29 is 9.90 Å². The van der Waals surface area contributed by atoms with Gasteiger partial charge in [0.1, 0.15) is 5.75 Å². The third-order valence-electron chi connectivity index (χ3n) is 1.37. The van der Waals surface area contributed by atoms with Gasteiger partial charge in [-0.05, 0) is 40.8 Å². The number of nitrogens with one attached hydrogen (secondary N) is 1. The zero-order valence-corrected chi connectivity index (χ0v) is 8.62. The van der Waals surface area contributed by atoms with Crippen LogP contribution in [0.4, 0.5) is 0 Å². The van der Waals surface area contributed by atoms with Gasteiger partial charge in [-0.25, -0.2) is 0 Å². The molecule has 0 unspecified atom stereocenters. The molecule has 0 aliphatic heterocycles. The molecule has 0 fully saturated rings. The summed E-state index contributed by atoms with van der Waals surface area (Å²) in [5.74, 6) is -0.0793. The van der Waals surface area contributed by atoms with Crippen molar-refractivity contribution in [3.8, 4) is 5.75 Å². The van der Waals surface area contributed by atoms with Crippen LogP contribution in [0.3, 0.4) is 0 Å². The Labute approximate surface area is 83.9 Å². The Morgan fingerprint density at radius 1 is 1.50 bits per heavy atom. The standard InChI is InChI=1S/C8H8INO2/c1-10-8(12)5-2-6(9)4-7(11)3-5/h2-4,11H,1H3,(H,10,12). The van der Waals surface area contributed by atoms with E-state index in [9.17, 15) is 4.79 Å². The Hall–Kier alpha value is -0.780. The van der Waals surface area contributed by atoms with Gasteiger partial charge in [0.15, 0.2) is 0 Å². The lowest BCUT2D eigenvalue weighted by Gasteiger charge is -2.00. The van der Waals surface area contributed by atoms with Crippen LogP contribution in [0.15, 0.2) is 18.2 Å². The maximum atomic E-state index is 11.1. The van der Waals surface area contributed by atoms with E-state index in [1.807, 2.05) is 22.6 Å². The first-order chi connectivity index (χ1) is 5.63. The summed E-state index contributed by atoms with van der Waals surface area (Å²) in [7, 11) is 1.55. The minimum Gasteiger partial charge on any atom is -0.508 e. The second-order valence-electron chi connectivity index (χ2n) is 2.28. The number of phenols is 1. The lowest BCUT2D eigenvalue weighted by atomic mass is 10.2. The topological polar surface area (TPSA) is 49.3 Å². The number of benzene rings is 1. The third kappa shape index (κ3) is 2.10. The van der Waals surface area contributed by atoms with E-state index in [2.05, 4.69) is 5.32 Å². The molecule has 3 nitrogen and oxygen atoms in total. The fraction of sp³-hybridized carbons (Fsp3) is 0.125. The van der Waals surface area contributed by atoms with Crippen LogP contribution in [0.2, 0.25) is 0 Å². The summed E-state index contributed by atoms with van der Waals surface area (Å²) in [6.45, 7) is 0. The molecule has 0 radical (unpaired) electrons. The van der Waals surface area contributed by atoms with E-state index in [0.29, 0.717) is 5.56 Å². The van der Waals surface area contributed by atoms with Crippen LogP contribution < -0.4 is 5.32 Å². The molecule has 1 aromatic rings. The van der Waals surface area contributed by atoms with Gasteiger partial charge in [0.25, 0.3) is 5.91 Å². The van der Waals surface area contributed by atoms with Crippen molar-refractivity contribution in [2.24, 2.45) is 0 Å². The van der Waals surface area contributed by atoms with Gasteiger partial charge >= 0.3 is 0 Å². The summed E-state index contributed by atoms with van der Waals surface area (Å²) in [5.41, 5.74) is 0.474. The molecule has 0 bridgehead atoms. The van der Waals surface area contributed by atoms with Gasteiger partial charge in [0.05, 0.1) is 0 Å². The molecule has 0 saturated heterocycles. The second-order valence-corrected chi connectivity index (χ2v) is 3.52.